The highest BCUT2D eigenvalue weighted by Gasteiger charge is 2.36. The van der Waals surface area contributed by atoms with Crippen molar-refractivity contribution >= 4 is 5.96 Å². The largest absolute Gasteiger partial charge is 0.486 e. The molecule has 0 atom stereocenters. The van der Waals surface area contributed by atoms with Gasteiger partial charge in [-0.25, -0.2) is 0 Å². The van der Waals surface area contributed by atoms with E-state index in [0.29, 0.717) is 19.3 Å². The summed E-state index contributed by atoms with van der Waals surface area (Å²) in [5.41, 5.74) is 1.47. The summed E-state index contributed by atoms with van der Waals surface area (Å²) in [4.78, 5) is 4.96. The van der Waals surface area contributed by atoms with Crippen LogP contribution in [-0.2, 0) is 5.41 Å². The van der Waals surface area contributed by atoms with E-state index in [4.69, 9.17) is 14.5 Å². The number of nitrogens with zero attached hydrogens (tertiary/aromatic N) is 1. The van der Waals surface area contributed by atoms with Gasteiger partial charge >= 0.3 is 0 Å². The van der Waals surface area contributed by atoms with Crippen LogP contribution in [0.3, 0.4) is 0 Å². The smallest absolute Gasteiger partial charge is 0.191 e. The summed E-state index contributed by atoms with van der Waals surface area (Å²) < 4.78 is 11.5. The number of ether oxygens (including phenoxy) is 2. The van der Waals surface area contributed by atoms with Crippen LogP contribution in [-0.4, -0.2) is 38.3 Å². The molecular formula is C20H29N3O2. The molecule has 0 unspecified atom stereocenters. The maximum Gasteiger partial charge on any atom is 0.191 e. The van der Waals surface area contributed by atoms with E-state index in [2.05, 4.69) is 35.8 Å². The zero-order chi connectivity index (χ0) is 17.1. The maximum atomic E-state index is 5.81. The first kappa shape index (κ1) is 16.6. The first-order valence-corrected chi connectivity index (χ1v) is 9.74. The highest BCUT2D eigenvalue weighted by atomic mass is 16.6. The first-order valence-electron chi connectivity index (χ1n) is 9.74. The van der Waals surface area contributed by atoms with E-state index in [9.17, 15) is 0 Å². The van der Waals surface area contributed by atoms with E-state index < -0.39 is 0 Å². The molecule has 0 amide bonds. The van der Waals surface area contributed by atoms with Gasteiger partial charge < -0.3 is 20.1 Å². The third kappa shape index (κ3) is 3.70. The van der Waals surface area contributed by atoms with Crippen molar-refractivity contribution in [3.63, 3.8) is 0 Å². The predicted molar refractivity (Wildman–Crippen MR) is 99.7 cm³/mol. The monoisotopic (exact) mass is 343 g/mol. The Morgan fingerprint density at radius 2 is 1.92 bits per heavy atom. The molecule has 0 radical (unpaired) electrons. The minimum absolute atomic E-state index is 0.127. The molecule has 0 saturated heterocycles. The maximum absolute atomic E-state index is 5.81. The summed E-state index contributed by atoms with van der Waals surface area (Å²) in [5.74, 6) is 2.73. The minimum Gasteiger partial charge on any atom is -0.486 e. The highest BCUT2D eigenvalue weighted by molar-refractivity contribution is 5.80. The Hall–Kier alpha value is -1.91. The number of nitrogens with one attached hydrogen (secondary N) is 2. The Labute approximate surface area is 150 Å². The number of hydrogen-bond donors (Lipinski definition) is 2. The van der Waals surface area contributed by atoms with Crippen LogP contribution in [0.4, 0.5) is 0 Å². The normalized spacial score (nSPS) is 21.9. The standard InChI is InChI=1S/C20H29N3O2/c1-2-21-19(23-16-6-7-16)22-14-20(9-3-4-10-20)15-5-8-17-18(13-15)25-12-11-24-17/h5,8,13,16H,2-4,6-7,9-12,14H2,1H3,(H2,21,22,23). The topological polar surface area (TPSA) is 54.9 Å². The minimum atomic E-state index is 0.127. The second-order valence-electron chi connectivity index (χ2n) is 7.46. The number of benzene rings is 1. The fourth-order valence-electron chi connectivity index (χ4n) is 3.93. The zero-order valence-electron chi connectivity index (χ0n) is 15.1. The van der Waals surface area contributed by atoms with Crippen molar-refractivity contribution in [1.29, 1.82) is 0 Å². The van der Waals surface area contributed by atoms with Crippen LogP contribution < -0.4 is 20.1 Å². The molecule has 0 aromatic heterocycles. The first-order chi connectivity index (χ1) is 12.3. The molecule has 2 saturated carbocycles. The SMILES string of the molecule is CCNC(=NCC1(c2ccc3c(c2)OCCO3)CCCC1)NC1CC1. The quantitative estimate of drug-likeness (QED) is 0.637. The molecule has 2 fully saturated rings. The third-order valence-electron chi connectivity index (χ3n) is 5.52. The van der Waals surface area contributed by atoms with Crippen molar-refractivity contribution in [2.75, 3.05) is 26.3 Å². The number of fused-ring (bicyclic) bond motifs is 1. The van der Waals surface area contributed by atoms with Gasteiger partial charge in [0.15, 0.2) is 17.5 Å². The molecule has 2 N–H and O–H groups in total. The van der Waals surface area contributed by atoms with Gasteiger partial charge in [-0.3, -0.25) is 4.99 Å². The van der Waals surface area contributed by atoms with Crippen molar-refractivity contribution in [2.45, 2.75) is 56.9 Å². The van der Waals surface area contributed by atoms with Crippen molar-refractivity contribution < 1.29 is 9.47 Å². The van der Waals surface area contributed by atoms with E-state index in [1.807, 2.05) is 0 Å². The Morgan fingerprint density at radius 3 is 2.64 bits per heavy atom. The van der Waals surface area contributed by atoms with Crippen LogP contribution in [0.15, 0.2) is 23.2 Å². The Balaban J connectivity index is 1.56. The van der Waals surface area contributed by atoms with E-state index in [-0.39, 0.29) is 5.41 Å². The van der Waals surface area contributed by atoms with Crippen molar-refractivity contribution in [3.8, 4) is 11.5 Å². The summed E-state index contributed by atoms with van der Waals surface area (Å²) >= 11 is 0. The van der Waals surface area contributed by atoms with E-state index in [1.165, 1.54) is 44.1 Å². The molecule has 0 bridgehead atoms. The van der Waals surface area contributed by atoms with Gasteiger partial charge in [-0.15, -0.1) is 0 Å². The zero-order valence-corrected chi connectivity index (χ0v) is 15.1. The summed E-state index contributed by atoms with van der Waals surface area (Å²) in [6.07, 6.45) is 7.46. The lowest BCUT2D eigenvalue weighted by Gasteiger charge is -2.30. The second-order valence-corrected chi connectivity index (χ2v) is 7.46. The third-order valence-corrected chi connectivity index (χ3v) is 5.52. The summed E-state index contributed by atoms with van der Waals surface area (Å²) in [7, 11) is 0. The molecule has 5 nitrogen and oxygen atoms in total. The van der Waals surface area contributed by atoms with Crippen LogP contribution in [0, 0.1) is 0 Å². The molecule has 3 aliphatic rings. The van der Waals surface area contributed by atoms with E-state index >= 15 is 0 Å². The Bertz CT molecular complexity index is 634. The summed E-state index contributed by atoms with van der Waals surface area (Å²) in [6.45, 7) is 5.12. The molecule has 1 aliphatic heterocycles. The van der Waals surface area contributed by atoms with Gasteiger partial charge in [0.25, 0.3) is 0 Å². The van der Waals surface area contributed by atoms with Crippen LogP contribution >= 0.6 is 0 Å². The molecule has 4 rings (SSSR count). The molecule has 2 aliphatic carbocycles. The summed E-state index contributed by atoms with van der Waals surface area (Å²) in [6, 6.07) is 7.10. The fourth-order valence-corrected chi connectivity index (χ4v) is 3.93. The number of hydrogen-bond acceptors (Lipinski definition) is 3. The fraction of sp³-hybridized carbons (Fsp3) is 0.650. The number of rotatable bonds is 5. The van der Waals surface area contributed by atoms with Gasteiger partial charge in [-0.1, -0.05) is 18.9 Å². The lowest BCUT2D eigenvalue weighted by Crippen LogP contribution is -2.40. The Morgan fingerprint density at radius 1 is 1.16 bits per heavy atom. The molecule has 25 heavy (non-hydrogen) atoms. The van der Waals surface area contributed by atoms with Gasteiger partial charge in [-0.05, 0) is 50.3 Å². The van der Waals surface area contributed by atoms with Crippen molar-refractivity contribution in [2.24, 2.45) is 4.99 Å². The lowest BCUT2D eigenvalue weighted by atomic mass is 9.79. The molecule has 1 heterocycles. The van der Waals surface area contributed by atoms with Crippen LogP contribution in [0.25, 0.3) is 0 Å². The average molecular weight is 343 g/mol. The molecular weight excluding hydrogens is 314 g/mol. The van der Waals surface area contributed by atoms with Gasteiger partial charge in [0.2, 0.25) is 0 Å². The number of aliphatic imine (C=N–C) groups is 1. The molecule has 1 aromatic rings. The molecule has 0 spiro atoms. The van der Waals surface area contributed by atoms with Gasteiger partial charge in [0.1, 0.15) is 13.2 Å². The van der Waals surface area contributed by atoms with Crippen LogP contribution in [0.2, 0.25) is 0 Å². The van der Waals surface area contributed by atoms with Gasteiger partial charge in [-0.2, -0.15) is 0 Å². The molecule has 1 aromatic carbocycles. The van der Waals surface area contributed by atoms with E-state index in [0.717, 1.165) is 30.5 Å². The highest BCUT2D eigenvalue weighted by Crippen LogP contribution is 2.44. The average Bonchev–Trinajstić information content (AvgIpc) is 3.33. The van der Waals surface area contributed by atoms with E-state index in [1.54, 1.807) is 0 Å². The lowest BCUT2D eigenvalue weighted by molar-refractivity contribution is 0.171. The van der Waals surface area contributed by atoms with Gasteiger partial charge in [0, 0.05) is 18.0 Å². The molecule has 5 heteroatoms. The van der Waals surface area contributed by atoms with Gasteiger partial charge in [0.05, 0.1) is 6.54 Å². The summed E-state index contributed by atoms with van der Waals surface area (Å²) in [5, 5.41) is 6.92. The van der Waals surface area contributed by atoms with Crippen LogP contribution in [0.1, 0.15) is 51.0 Å². The van der Waals surface area contributed by atoms with Crippen molar-refractivity contribution in [3.05, 3.63) is 23.8 Å². The number of guanidine groups is 1. The Kier molecular flexibility index (Phi) is 4.73. The van der Waals surface area contributed by atoms with Crippen molar-refractivity contribution in [1.82, 2.24) is 10.6 Å². The second kappa shape index (κ2) is 7.14. The molecule has 136 valence electrons. The van der Waals surface area contributed by atoms with Crippen LogP contribution in [0.5, 0.6) is 11.5 Å². The predicted octanol–water partition coefficient (Wildman–Crippen LogP) is 2.99.